The Morgan fingerprint density at radius 3 is 1.71 bits per heavy atom. The van der Waals surface area contributed by atoms with Crippen molar-refractivity contribution in [2.75, 3.05) is 13.2 Å². The van der Waals surface area contributed by atoms with Gasteiger partial charge in [0.2, 0.25) is 0 Å². The van der Waals surface area contributed by atoms with Crippen molar-refractivity contribution in [3.8, 4) is 0 Å². The average molecular weight is 803 g/mol. The highest BCUT2D eigenvalue weighted by molar-refractivity contribution is 7.46. The first kappa shape index (κ1) is 52.6. The number of unbranched alkanes of at least 4 members (excludes halogenated alkanes) is 6. The molecule has 0 spiro atoms. The van der Waals surface area contributed by atoms with Crippen LogP contribution in [0.2, 0.25) is 0 Å². The van der Waals surface area contributed by atoms with Gasteiger partial charge in [0.25, 0.3) is 0 Å². The summed E-state index contributed by atoms with van der Waals surface area (Å²) < 4.78 is 26.2. The van der Waals surface area contributed by atoms with E-state index in [1.807, 2.05) is 6.08 Å². The zero-order valence-electron chi connectivity index (χ0n) is 34.0. The molecule has 0 unspecified atom stereocenters. The number of aliphatic hydroxyl groups excluding tert-OH is 2. The van der Waals surface area contributed by atoms with Crippen LogP contribution in [-0.2, 0) is 28.2 Å². The number of esters is 2. The van der Waals surface area contributed by atoms with E-state index in [2.05, 4.69) is 85.2 Å². The lowest BCUT2D eigenvalue weighted by Crippen LogP contribution is -2.29. The fourth-order valence-electron chi connectivity index (χ4n) is 4.89. The van der Waals surface area contributed by atoms with Crippen molar-refractivity contribution in [3.05, 3.63) is 109 Å². The monoisotopic (exact) mass is 802 g/mol. The number of allylic oxidation sites excluding steroid dienone is 15. The van der Waals surface area contributed by atoms with Gasteiger partial charge in [0, 0.05) is 12.8 Å². The third kappa shape index (κ3) is 40.3. The molecule has 0 saturated carbocycles. The van der Waals surface area contributed by atoms with Crippen LogP contribution in [-0.4, -0.2) is 63.5 Å². The lowest BCUT2D eigenvalue weighted by molar-refractivity contribution is -0.161. The van der Waals surface area contributed by atoms with Crippen LogP contribution in [0.3, 0.4) is 0 Å². The predicted molar refractivity (Wildman–Crippen MR) is 228 cm³/mol. The second kappa shape index (κ2) is 38.5. The van der Waals surface area contributed by atoms with Crippen molar-refractivity contribution in [2.24, 2.45) is 0 Å². The van der Waals surface area contributed by atoms with E-state index in [-0.39, 0.29) is 25.7 Å². The summed E-state index contributed by atoms with van der Waals surface area (Å²) in [7, 11) is -4.84. The number of phosphoric ester groups is 1. The zero-order valence-corrected chi connectivity index (χ0v) is 34.8. The standard InChI is InChI=1S/C45H71O10P/c1-3-5-7-9-11-12-13-14-15-16-17-18-19-20-21-22-23-25-31-37-44(48)53-39-43(40-54-56(50,51)52)55-45(49)38-32-36-42(47)35-30-27-26-29-34-41(46)33-28-24-10-8-6-4-2/h5,7,11-12,14-15,17-18,20-21,24,26-30,34-35,41-43,46-47H,3-4,6,8-10,13,16,19,22-23,25,31-33,36-40H2,1-2H3,(H2,50,51,52)/b7-5-,12-11-,15-14-,18-17-,21-20-,27-26+,28-24-,34-29+,35-30-/t41-,42-,43+/m0/s1. The number of ether oxygens (including phenoxy) is 2. The van der Waals surface area contributed by atoms with Gasteiger partial charge in [-0.05, 0) is 83.5 Å². The Labute approximate surface area is 337 Å². The molecule has 10 nitrogen and oxygen atoms in total. The van der Waals surface area contributed by atoms with E-state index in [4.69, 9.17) is 19.3 Å². The molecular weight excluding hydrogens is 731 g/mol. The van der Waals surface area contributed by atoms with E-state index in [0.717, 1.165) is 64.2 Å². The second-order valence-corrected chi connectivity index (χ2v) is 14.5. The Bertz CT molecular complexity index is 1300. The van der Waals surface area contributed by atoms with Crippen LogP contribution in [0.25, 0.3) is 0 Å². The van der Waals surface area contributed by atoms with Crippen LogP contribution in [0, 0.1) is 0 Å². The summed E-state index contributed by atoms with van der Waals surface area (Å²) in [5.41, 5.74) is 0. The SMILES string of the molecule is CC/C=C\C/C=C\C/C=C\C/C=C\C/C=C\CCCCCC(=O)OC[C@H](COP(=O)(O)O)OC(=O)CCC[C@@H](O)\C=C/C=C/C=C/[C@@H](O)C/C=C\CCCCC. The molecule has 316 valence electrons. The van der Waals surface area contributed by atoms with E-state index in [1.54, 1.807) is 36.5 Å². The van der Waals surface area contributed by atoms with Crippen molar-refractivity contribution >= 4 is 19.8 Å². The minimum Gasteiger partial charge on any atom is -0.462 e. The molecule has 56 heavy (non-hydrogen) atoms. The first-order valence-corrected chi connectivity index (χ1v) is 21.9. The highest BCUT2D eigenvalue weighted by Crippen LogP contribution is 2.36. The maximum Gasteiger partial charge on any atom is 0.469 e. The van der Waals surface area contributed by atoms with Gasteiger partial charge in [-0.2, -0.15) is 0 Å². The number of phosphoric acid groups is 1. The summed E-state index contributed by atoms with van der Waals surface area (Å²) in [6.45, 7) is 3.25. The fourth-order valence-corrected chi connectivity index (χ4v) is 5.25. The van der Waals surface area contributed by atoms with Crippen LogP contribution in [0.15, 0.2) is 109 Å². The van der Waals surface area contributed by atoms with Gasteiger partial charge in [-0.25, -0.2) is 4.57 Å². The minimum atomic E-state index is -4.84. The zero-order chi connectivity index (χ0) is 41.4. The summed E-state index contributed by atoms with van der Waals surface area (Å²) >= 11 is 0. The van der Waals surface area contributed by atoms with E-state index in [0.29, 0.717) is 12.8 Å². The number of carbonyl (C=O) groups excluding carboxylic acids is 2. The number of aliphatic hydroxyl groups is 2. The van der Waals surface area contributed by atoms with Crippen LogP contribution in [0.5, 0.6) is 0 Å². The molecule has 0 aliphatic heterocycles. The normalized spacial score (nSPS) is 14.8. The van der Waals surface area contributed by atoms with Gasteiger partial charge >= 0.3 is 19.8 Å². The molecule has 11 heteroatoms. The quantitative estimate of drug-likeness (QED) is 0.0160. The fraction of sp³-hybridized carbons (Fsp3) is 0.556. The second-order valence-electron chi connectivity index (χ2n) is 13.3. The predicted octanol–water partition coefficient (Wildman–Crippen LogP) is 10.3. The molecule has 0 aromatic heterocycles. The third-order valence-electron chi connectivity index (χ3n) is 7.97. The third-order valence-corrected chi connectivity index (χ3v) is 8.45. The van der Waals surface area contributed by atoms with E-state index >= 15 is 0 Å². The molecular formula is C45H71O10P. The molecule has 4 N–H and O–H groups in total. The Morgan fingerprint density at radius 2 is 1.12 bits per heavy atom. The Kier molecular flexibility index (Phi) is 36.2. The Balaban J connectivity index is 4.29. The number of carbonyl (C=O) groups is 2. The summed E-state index contributed by atoms with van der Waals surface area (Å²) in [6, 6.07) is 0. The van der Waals surface area contributed by atoms with Crippen molar-refractivity contribution in [1.29, 1.82) is 0 Å². The summed E-state index contributed by atoms with van der Waals surface area (Å²) in [5, 5.41) is 20.2. The van der Waals surface area contributed by atoms with Crippen LogP contribution >= 0.6 is 7.82 Å². The summed E-state index contributed by atoms with van der Waals surface area (Å²) in [6.07, 6.45) is 47.2. The van der Waals surface area contributed by atoms with E-state index in [1.165, 1.54) is 12.8 Å². The van der Waals surface area contributed by atoms with Gasteiger partial charge in [0.15, 0.2) is 6.10 Å². The molecule has 0 aromatic carbocycles. The van der Waals surface area contributed by atoms with Crippen LogP contribution < -0.4 is 0 Å². The smallest absolute Gasteiger partial charge is 0.462 e. The maximum atomic E-state index is 12.4. The molecule has 0 amide bonds. The first-order valence-electron chi connectivity index (χ1n) is 20.4. The summed E-state index contributed by atoms with van der Waals surface area (Å²) in [5.74, 6) is -1.18. The lowest BCUT2D eigenvalue weighted by Gasteiger charge is -2.18. The molecule has 0 rings (SSSR count). The highest BCUT2D eigenvalue weighted by atomic mass is 31.2. The van der Waals surface area contributed by atoms with Crippen LogP contribution in [0.1, 0.15) is 129 Å². The number of hydrogen-bond acceptors (Lipinski definition) is 8. The number of rotatable bonds is 35. The van der Waals surface area contributed by atoms with E-state index in [9.17, 15) is 24.4 Å². The first-order chi connectivity index (χ1) is 27.1. The maximum absolute atomic E-state index is 12.4. The van der Waals surface area contributed by atoms with Crippen molar-refractivity contribution in [2.45, 2.75) is 148 Å². The highest BCUT2D eigenvalue weighted by Gasteiger charge is 2.23. The number of hydrogen-bond donors (Lipinski definition) is 4. The van der Waals surface area contributed by atoms with Gasteiger partial charge in [-0.3, -0.25) is 14.1 Å². The van der Waals surface area contributed by atoms with Crippen molar-refractivity contribution in [1.82, 2.24) is 0 Å². The lowest BCUT2D eigenvalue weighted by atomic mass is 10.1. The van der Waals surface area contributed by atoms with Gasteiger partial charge in [0.05, 0.1) is 18.8 Å². The van der Waals surface area contributed by atoms with Gasteiger partial charge in [-0.1, -0.05) is 142 Å². The Morgan fingerprint density at radius 1 is 0.589 bits per heavy atom. The van der Waals surface area contributed by atoms with Gasteiger partial charge in [0.1, 0.15) is 6.61 Å². The molecule has 0 saturated heterocycles. The van der Waals surface area contributed by atoms with Gasteiger partial charge in [-0.15, -0.1) is 0 Å². The minimum absolute atomic E-state index is 0.0628. The molecule has 0 aliphatic carbocycles. The topological polar surface area (TPSA) is 160 Å². The Hall–Kier alpha value is -3.37. The van der Waals surface area contributed by atoms with Gasteiger partial charge < -0.3 is 29.5 Å². The molecule has 0 radical (unpaired) electrons. The van der Waals surface area contributed by atoms with Crippen LogP contribution in [0.4, 0.5) is 0 Å². The van der Waals surface area contributed by atoms with Crippen molar-refractivity contribution < 1.29 is 48.2 Å². The molecule has 0 heterocycles. The van der Waals surface area contributed by atoms with E-state index < -0.39 is 51.3 Å². The molecule has 0 aromatic rings. The molecule has 0 fully saturated rings. The molecule has 0 aliphatic rings. The average Bonchev–Trinajstić information content (AvgIpc) is 3.16. The summed E-state index contributed by atoms with van der Waals surface area (Å²) in [4.78, 5) is 42.8. The van der Waals surface area contributed by atoms with Crippen molar-refractivity contribution in [3.63, 3.8) is 0 Å². The molecule has 3 atom stereocenters. The largest absolute Gasteiger partial charge is 0.469 e. The molecule has 0 bridgehead atoms.